The number of hydrogen-bond donors (Lipinski definition) is 0. The number of hydrogen-bond acceptors (Lipinski definition) is 6. The van der Waals surface area contributed by atoms with Gasteiger partial charge in [0.25, 0.3) is 0 Å². The summed E-state index contributed by atoms with van der Waals surface area (Å²) in [7, 11) is 0. The van der Waals surface area contributed by atoms with E-state index in [-0.39, 0.29) is 0 Å². The van der Waals surface area contributed by atoms with Crippen molar-refractivity contribution in [2.75, 3.05) is 0 Å². The maximum absolute atomic E-state index is 2.57. The van der Waals surface area contributed by atoms with Crippen molar-refractivity contribution in [1.82, 2.24) is 9.13 Å². The van der Waals surface area contributed by atoms with E-state index < -0.39 is 0 Å². The van der Waals surface area contributed by atoms with E-state index in [4.69, 9.17) is 0 Å². The van der Waals surface area contributed by atoms with Crippen LogP contribution in [0.2, 0.25) is 0 Å². The summed E-state index contributed by atoms with van der Waals surface area (Å²) in [6.07, 6.45) is 0. The largest absolute Gasteiger partial charge is 0.305 e. The second kappa shape index (κ2) is 9.10. The molecule has 8 aromatic heterocycles. The van der Waals surface area contributed by atoms with Crippen LogP contribution in [0.4, 0.5) is 0 Å². The summed E-state index contributed by atoms with van der Waals surface area (Å²) >= 11 is 11.7. The zero-order chi connectivity index (χ0) is 30.6. The summed E-state index contributed by atoms with van der Waals surface area (Å²) in [5, 5.41) is 2.73. The summed E-state index contributed by atoms with van der Waals surface area (Å²) in [5.74, 6) is 0. The van der Waals surface area contributed by atoms with E-state index in [9.17, 15) is 0 Å². The molecule has 0 aliphatic heterocycles. The average molecular weight is 701 g/mol. The molecule has 0 N–H and O–H groups in total. The molecular weight excluding hydrogens is 677 g/mol. The molecule has 0 radical (unpaired) electrons. The third-order valence-electron chi connectivity index (χ3n) is 9.26. The van der Waals surface area contributed by atoms with Gasteiger partial charge in [0.1, 0.15) is 0 Å². The minimum absolute atomic E-state index is 1.24. The van der Waals surface area contributed by atoms with E-state index in [0.717, 1.165) is 0 Å². The first-order valence-corrected chi connectivity index (χ1v) is 20.1. The molecule has 0 spiro atoms. The molecule has 8 heterocycles. The fourth-order valence-corrected chi connectivity index (χ4v) is 15.0. The second-order valence-electron chi connectivity index (χ2n) is 12.4. The number of nitrogens with zero attached hydrogens (tertiary/aromatic N) is 2. The topological polar surface area (TPSA) is 9.86 Å². The van der Waals surface area contributed by atoms with Gasteiger partial charge in [0, 0.05) is 50.7 Å². The van der Waals surface area contributed by atoms with Crippen LogP contribution in [0.25, 0.3) is 91.2 Å². The Kier molecular flexibility index (Phi) is 5.25. The van der Waals surface area contributed by atoms with Gasteiger partial charge in [0.2, 0.25) is 0 Å². The zero-order valence-electron chi connectivity index (χ0n) is 25.3. The summed E-state index contributed by atoms with van der Waals surface area (Å²) in [5.41, 5.74) is 10.5. The highest BCUT2D eigenvalue weighted by molar-refractivity contribution is 7.38. The number of benzene rings is 3. The lowest BCUT2D eigenvalue weighted by Crippen LogP contribution is -1.93. The molecule has 222 valence electrons. The number of thiophene rings is 6. The molecule has 0 aliphatic carbocycles. The third-order valence-corrected chi connectivity index (χ3v) is 16.5. The monoisotopic (exact) mass is 700 g/mol. The quantitative estimate of drug-likeness (QED) is 0.170. The molecule has 0 unspecified atom stereocenters. The third kappa shape index (κ3) is 3.39. The van der Waals surface area contributed by atoms with Crippen molar-refractivity contribution in [1.29, 1.82) is 0 Å². The Labute approximate surface area is 287 Å². The van der Waals surface area contributed by atoms with Crippen LogP contribution in [-0.4, -0.2) is 9.13 Å². The first-order chi connectivity index (χ1) is 22.4. The van der Waals surface area contributed by atoms with Gasteiger partial charge in [0.15, 0.2) is 0 Å². The van der Waals surface area contributed by atoms with Crippen molar-refractivity contribution >= 4 is 148 Å². The molecule has 0 saturated carbocycles. The molecular formula is C38H24N2S6. The van der Waals surface area contributed by atoms with E-state index in [1.807, 2.05) is 68.0 Å². The molecule has 0 amide bonds. The molecule has 3 aromatic carbocycles. The fourth-order valence-electron chi connectivity index (χ4n) is 7.24. The van der Waals surface area contributed by atoms with Gasteiger partial charge >= 0.3 is 0 Å². The van der Waals surface area contributed by atoms with Gasteiger partial charge < -0.3 is 9.13 Å². The molecule has 0 aliphatic rings. The predicted octanol–water partition coefficient (Wildman–Crippen LogP) is 14.1. The minimum atomic E-state index is 1.24. The lowest BCUT2D eigenvalue weighted by atomic mass is 10.1. The average Bonchev–Trinajstić information content (AvgIpc) is 3.88. The molecule has 0 bridgehead atoms. The second-order valence-corrected chi connectivity index (χ2v) is 19.1. The highest BCUT2D eigenvalue weighted by atomic mass is 32.1. The predicted molar refractivity (Wildman–Crippen MR) is 211 cm³/mol. The Morgan fingerprint density at radius 3 is 1.15 bits per heavy atom. The van der Waals surface area contributed by atoms with Gasteiger partial charge in [-0.15, -0.1) is 68.0 Å². The van der Waals surface area contributed by atoms with Crippen molar-refractivity contribution in [2.45, 2.75) is 27.7 Å². The summed E-state index contributed by atoms with van der Waals surface area (Å²) in [4.78, 5) is 2.76. The molecule has 46 heavy (non-hydrogen) atoms. The minimum Gasteiger partial charge on any atom is -0.305 e. The summed E-state index contributed by atoms with van der Waals surface area (Å²) < 4.78 is 19.2. The van der Waals surface area contributed by atoms with Crippen LogP contribution in [0.1, 0.15) is 20.9 Å². The number of aryl methyl sites for hydroxylation is 4. The molecule has 2 nitrogen and oxygen atoms in total. The number of aromatic nitrogens is 2. The molecule has 8 heteroatoms. The Bertz CT molecular complexity index is 2840. The van der Waals surface area contributed by atoms with Crippen LogP contribution in [0.15, 0.2) is 72.8 Å². The molecule has 0 atom stereocenters. The Hall–Kier alpha value is -3.50. The van der Waals surface area contributed by atoms with E-state index in [1.54, 1.807) is 0 Å². The van der Waals surface area contributed by atoms with E-state index in [2.05, 4.69) is 110 Å². The van der Waals surface area contributed by atoms with Crippen molar-refractivity contribution in [3.8, 4) is 11.4 Å². The highest BCUT2D eigenvalue weighted by Crippen LogP contribution is 2.54. The zero-order valence-corrected chi connectivity index (χ0v) is 30.2. The van der Waals surface area contributed by atoms with Crippen LogP contribution in [-0.2, 0) is 0 Å². The van der Waals surface area contributed by atoms with Crippen LogP contribution >= 0.6 is 68.0 Å². The van der Waals surface area contributed by atoms with Gasteiger partial charge in [-0.1, -0.05) is 35.4 Å². The van der Waals surface area contributed by atoms with Crippen LogP contribution in [0, 0.1) is 27.7 Å². The smallest absolute Gasteiger partial charge is 0.0837 e. The molecule has 0 saturated heterocycles. The fraction of sp³-hybridized carbons (Fsp3) is 0.105. The van der Waals surface area contributed by atoms with Crippen molar-refractivity contribution in [3.63, 3.8) is 0 Å². The number of fused-ring (bicyclic) bond motifs is 14. The van der Waals surface area contributed by atoms with Crippen molar-refractivity contribution < 1.29 is 0 Å². The summed E-state index contributed by atoms with van der Waals surface area (Å²) in [6, 6.07) is 27.9. The first kappa shape index (κ1) is 26.6. The van der Waals surface area contributed by atoms with Gasteiger partial charge in [-0.2, -0.15) is 0 Å². The Morgan fingerprint density at radius 1 is 0.370 bits per heavy atom. The van der Waals surface area contributed by atoms with E-state index >= 15 is 0 Å². The standard InChI is InChI=1S/C38H24N2S6/c1-17-5-9-21(10-6-17)39-29-23-15-26-24(16-25(23)43-35(29)37-31(39)33-27(45-37)13-19(3)41-33)30-36(44-26)38-32(34-28(46-38)14-20(4)42-34)40(30)22-11-7-18(2)8-12-22/h5-16H,1-4H3. The van der Waals surface area contributed by atoms with Gasteiger partial charge in [-0.3, -0.25) is 0 Å². The molecule has 11 rings (SSSR count). The maximum Gasteiger partial charge on any atom is 0.0837 e. The SMILES string of the molecule is Cc1ccc(-n2c3c4cc5sc6c7sc8cc(C)sc8c7n(-c7ccc(C)cc7)c6c5cc4sc3c3sc4cc(C)sc4c32)cc1. The van der Waals surface area contributed by atoms with Crippen LogP contribution in [0.5, 0.6) is 0 Å². The maximum atomic E-state index is 2.57. The Morgan fingerprint density at radius 2 is 0.739 bits per heavy atom. The van der Waals surface area contributed by atoms with E-state index in [0.29, 0.717) is 0 Å². The normalized spacial score (nSPS) is 12.8. The van der Waals surface area contributed by atoms with Crippen molar-refractivity contribution in [2.24, 2.45) is 0 Å². The molecule has 0 fully saturated rings. The Balaban J connectivity index is 1.29. The van der Waals surface area contributed by atoms with Gasteiger partial charge in [-0.05, 0) is 76.2 Å². The van der Waals surface area contributed by atoms with E-state index in [1.165, 1.54) is 112 Å². The first-order valence-electron chi connectivity index (χ1n) is 15.2. The highest BCUT2D eigenvalue weighted by Gasteiger charge is 2.26. The number of rotatable bonds is 2. The van der Waals surface area contributed by atoms with Gasteiger partial charge in [0.05, 0.1) is 50.3 Å². The lowest BCUT2D eigenvalue weighted by Gasteiger charge is -2.09. The van der Waals surface area contributed by atoms with Crippen LogP contribution in [0.3, 0.4) is 0 Å². The lowest BCUT2D eigenvalue weighted by molar-refractivity contribution is 1.19. The van der Waals surface area contributed by atoms with Crippen molar-refractivity contribution in [3.05, 3.63) is 93.7 Å². The van der Waals surface area contributed by atoms with Gasteiger partial charge in [-0.25, -0.2) is 0 Å². The van der Waals surface area contributed by atoms with Crippen LogP contribution < -0.4 is 0 Å². The molecule has 11 aromatic rings. The summed E-state index contributed by atoms with van der Waals surface area (Å²) in [6.45, 7) is 8.81.